The van der Waals surface area contributed by atoms with E-state index in [0.717, 1.165) is 11.3 Å². The summed E-state index contributed by atoms with van der Waals surface area (Å²) < 4.78 is 15.3. The molecule has 1 aromatic heterocycles. The Morgan fingerprint density at radius 2 is 2.12 bits per heavy atom. The first kappa shape index (κ1) is 19.0. The van der Waals surface area contributed by atoms with E-state index in [0.29, 0.717) is 25.2 Å². The van der Waals surface area contributed by atoms with Gasteiger partial charge in [-0.2, -0.15) is 0 Å². The quantitative estimate of drug-likeness (QED) is 0.785. The van der Waals surface area contributed by atoms with Gasteiger partial charge in [-0.25, -0.2) is 9.59 Å². The van der Waals surface area contributed by atoms with Gasteiger partial charge in [0, 0.05) is 24.1 Å². The summed E-state index contributed by atoms with van der Waals surface area (Å²) in [5, 5.41) is 2.46. The molecule has 0 radical (unpaired) electrons. The third kappa shape index (κ3) is 5.32. The van der Waals surface area contributed by atoms with Crippen molar-refractivity contribution in [2.24, 2.45) is 0 Å². The van der Waals surface area contributed by atoms with Crippen molar-refractivity contribution in [1.82, 2.24) is 10.3 Å². The van der Waals surface area contributed by atoms with Gasteiger partial charge in [0.1, 0.15) is 11.6 Å². The molecule has 0 spiro atoms. The van der Waals surface area contributed by atoms with Crippen molar-refractivity contribution < 1.29 is 23.8 Å². The summed E-state index contributed by atoms with van der Waals surface area (Å²) >= 11 is 0. The molecule has 0 aromatic carbocycles. The average molecular weight is 352 g/mol. The zero-order valence-corrected chi connectivity index (χ0v) is 14.9. The Bertz CT molecular complexity index is 704. The van der Waals surface area contributed by atoms with Crippen molar-refractivity contribution in [2.45, 2.75) is 51.9 Å². The van der Waals surface area contributed by atoms with Crippen LogP contribution in [0, 0.1) is 0 Å². The normalized spacial score (nSPS) is 15.0. The van der Waals surface area contributed by atoms with Crippen LogP contribution in [0.25, 0.3) is 0 Å². The number of carbonyl (C=O) groups is 2. The predicted molar refractivity (Wildman–Crippen MR) is 89.3 cm³/mol. The maximum absolute atomic E-state index is 12.3. The summed E-state index contributed by atoms with van der Waals surface area (Å²) in [6, 6.07) is 0.684. The van der Waals surface area contributed by atoms with Crippen molar-refractivity contribution in [3.8, 4) is 0 Å². The molecule has 0 bridgehead atoms. The number of carbonyl (C=O) groups excluding carboxylic acids is 2. The summed E-state index contributed by atoms with van der Waals surface area (Å²) in [6.45, 7) is 6.12. The van der Waals surface area contributed by atoms with Gasteiger partial charge in [0.25, 0.3) is 5.56 Å². The van der Waals surface area contributed by atoms with Crippen LogP contribution in [-0.4, -0.2) is 42.4 Å². The molecule has 2 N–H and O–H groups in total. The molecule has 0 fully saturated rings. The Labute approximate surface area is 145 Å². The number of aromatic nitrogens is 1. The molecule has 0 aliphatic carbocycles. The average Bonchev–Trinajstić information content (AvgIpc) is 2.52. The van der Waals surface area contributed by atoms with E-state index < -0.39 is 23.7 Å². The molecule has 25 heavy (non-hydrogen) atoms. The van der Waals surface area contributed by atoms with Crippen molar-refractivity contribution in [3.63, 3.8) is 0 Å². The van der Waals surface area contributed by atoms with Crippen LogP contribution in [0.4, 0.5) is 4.79 Å². The summed E-state index contributed by atoms with van der Waals surface area (Å²) in [7, 11) is 1.22. The zero-order chi connectivity index (χ0) is 18.6. The Morgan fingerprint density at radius 3 is 2.76 bits per heavy atom. The topological polar surface area (TPSA) is 107 Å². The maximum Gasteiger partial charge on any atom is 0.408 e. The molecule has 2 heterocycles. The van der Waals surface area contributed by atoms with Gasteiger partial charge < -0.3 is 24.5 Å². The second-order valence-corrected chi connectivity index (χ2v) is 6.86. The van der Waals surface area contributed by atoms with Crippen LogP contribution in [0.2, 0.25) is 0 Å². The molecule has 8 heteroatoms. The Kier molecular flexibility index (Phi) is 5.84. The maximum atomic E-state index is 12.3. The smallest absolute Gasteiger partial charge is 0.408 e. The molecule has 138 valence electrons. The third-order valence-electron chi connectivity index (χ3n) is 3.65. The number of nitrogens with one attached hydrogen (secondary N) is 2. The standard InChI is InChI=1S/C17H24N2O6/c1-17(2,3)25-16(22)19-13(15(21)23-4)8-10-7-11-9-24-6-5-12(11)18-14(10)20/h7,13H,5-6,8-9H2,1-4H3,(H,18,20)(H,19,22). The van der Waals surface area contributed by atoms with Gasteiger partial charge in [-0.1, -0.05) is 0 Å². The van der Waals surface area contributed by atoms with Crippen LogP contribution in [0.15, 0.2) is 10.9 Å². The van der Waals surface area contributed by atoms with E-state index in [4.69, 9.17) is 14.2 Å². The molecule has 2 rings (SSSR count). The monoisotopic (exact) mass is 352 g/mol. The molecule has 1 atom stereocenters. The fourth-order valence-electron chi connectivity index (χ4n) is 2.53. The molecule has 1 unspecified atom stereocenters. The largest absolute Gasteiger partial charge is 0.467 e. The number of alkyl carbamates (subject to hydrolysis) is 1. The van der Waals surface area contributed by atoms with Crippen LogP contribution in [-0.2, 0) is 38.5 Å². The highest BCUT2D eigenvalue weighted by Gasteiger charge is 2.26. The van der Waals surface area contributed by atoms with E-state index in [1.165, 1.54) is 7.11 Å². The van der Waals surface area contributed by atoms with Crippen molar-refractivity contribution in [1.29, 1.82) is 0 Å². The first-order valence-electron chi connectivity index (χ1n) is 8.08. The second-order valence-electron chi connectivity index (χ2n) is 6.86. The van der Waals surface area contributed by atoms with Crippen LogP contribution < -0.4 is 10.9 Å². The summed E-state index contributed by atoms with van der Waals surface area (Å²) in [5.41, 5.74) is 1.10. The van der Waals surface area contributed by atoms with E-state index >= 15 is 0 Å². The Balaban J connectivity index is 2.18. The molecule has 1 aliphatic rings. The van der Waals surface area contributed by atoms with Crippen LogP contribution >= 0.6 is 0 Å². The molecule has 1 aromatic rings. The SMILES string of the molecule is COC(=O)C(Cc1cc2c([nH]c1=O)CCOC2)NC(=O)OC(C)(C)C. The molecule has 0 saturated heterocycles. The van der Waals surface area contributed by atoms with E-state index in [9.17, 15) is 14.4 Å². The molecule has 1 aliphatic heterocycles. The number of amides is 1. The highest BCUT2D eigenvalue weighted by atomic mass is 16.6. The molecule has 0 saturated carbocycles. The van der Waals surface area contributed by atoms with E-state index in [-0.39, 0.29) is 12.0 Å². The van der Waals surface area contributed by atoms with Crippen molar-refractivity contribution >= 4 is 12.1 Å². The van der Waals surface area contributed by atoms with Crippen LogP contribution in [0.1, 0.15) is 37.6 Å². The first-order chi connectivity index (χ1) is 11.7. The fourth-order valence-corrected chi connectivity index (χ4v) is 2.53. The zero-order valence-electron chi connectivity index (χ0n) is 14.9. The van der Waals surface area contributed by atoms with Gasteiger partial charge in [0.05, 0.1) is 20.3 Å². The lowest BCUT2D eigenvalue weighted by molar-refractivity contribution is -0.143. The number of aromatic amines is 1. The summed E-state index contributed by atoms with van der Waals surface area (Å²) in [5.74, 6) is -0.653. The lowest BCUT2D eigenvalue weighted by Crippen LogP contribution is -2.46. The lowest BCUT2D eigenvalue weighted by Gasteiger charge is -2.23. The fraction of sp³-hybridized carbons (Fsp3) is 0.588. The Morgan fingerprint density at radius 1 is 1.40 bits per heavy atom. The number of pyridine rings is 1. The number of hydrogen-bond donors (Lipinski definition) is 2. The second kappa shape index (κ2) is 7.69. The highest BCUT2D eigenvalue weighted by molar-refractivity contribution is 5.81. The van der Waals surface area contributed by atoms with Gasteiger partial charge in [0.15, 0.2) is 0 Å². The summed E-state index contributed by atoms with van der Waals surface area (Å²) in [6.07, 6.45) is -0.115. The number of hydrogen-bond acceptors (Lipinski definition) is 6. The van der Waals surface area contributed by atoms with Crippen molar-refractivity contribution in [2.75, 3.05) is 13.7 Å². The van der Waals surface area contributed by atoms with Gasteiger partial charge in [-0.15, -0.1) is 0 Å². The Hall–Kier alpha value is -2.35. The van der Waals surface area contributed by atoms with E-state index in [2.05, 4.69) is 10.3 Å². The minimum Gasteiger partial charge on any atom is -0.467 e. The van der Waals surface area contributed by atoms with Gasteiger partial charge in [-0.3, -0.25) is 4.79 Å². The molecule has 8 nitrogen and oxygen atoms in total. The number of H-pyrrole nitrogens is 1. The van der Waals surface area contributed by atoms with E-state index in [1.54, 1.807) is 26.8 Å². The third-order valence-corrected chi connectivity index (χ3v) is 3.65. The number of ether oxygens (including phenoxy) is 3. The van der Waals surface area contributed by atoms with Crippen LogP contribution in [0.3, 0.4) is 0 Å². The summed E-state index contributed by atoms with van der Waals surface area (Å²) in [4.78, 5) is 39.0. The van der Waals surface area contributed by atoms with Gasteiger partial charge in [-0.05, 0) is 32.4 Å². The van der Waals surface area contributed by atoms with Crippen molar-refractivity contribution in [3.05, 3.63) is 33.2 Å². The minimum absolute atomic E-state index is 0.00543. The van der Waals surface area contributed by atoms with Gasteiger partial charge in [0.2, 0.25) is 0 Å². The minimum atomic E-state index is -1.02. The highest BCUT2D eigenvalue weighted by Crippen LogP contribution is 2.15. The lowest BCUT2D eigenvalue weighted by atomic mass is 10.0. The number of fused-ring (bicyclic) bond motifs is 1. The number of rotatable bonds is 4. The molecule has 1 amide bonds. The number of esters is 1. The van der Waals surface area contributed by atoms with Gasteiger partial charge >= 0.3 is 12.1 Å². The first-order valence-corrected chi connectivity index (χ1v) is 8.08. The predicted octanol–water partition coefficient (Wildman–Crippen LogP) is 1.06. The number of methoxy groups -OCH3 is 1. The van der Waals surface area contributed by atoms with E-state index in [1.807, 2.05) is 0 Å². The van der Waals surface area contributed by atoms with Crippen LogP contribution in [0.5, 0.6) is 0 Å². The molecular weight excluding hydrogens is 328 g/mol. The molecular formula is C17H24N2O6.